The van der Waals surface area contributed by atoms with E-state index in [9.17, 15) is 39.0 Å². The van der Waals surface area contributed by atoms with E-state index in [2.05, 4.69) is 16.0 Å². The summed E-state index contributed by atoms with van der Waals surface area (Å²) >= 11 is 0. The van der Waals surface area contributed by atoms with Crippen LogP contribution in [0.1, 0.15) is 30.5 Å². The molecule has 0 radical (unpaired) electrons. The molecule has 0 aromatic heterocycles. The van der Waals surface area contributed by atoms with Crippen molar-refractivity contribution in [1.82, 2.24) is 30.7 Å². The summed E-state index contributed by atoms with van der Waals surface area (Å²) in [6, 6.07) is 12.6. The van der Waals surface area contributed by atoms with Crippen LogP contribution in [0.25, 0.3) is 0 Å². The largest absolute Gasteiger partial charge is 0.504 e. The first kappa shape index (κ1) is 43.6. The number of ether oxygens (including phenoxy) is 2. The molecule has 6 amide bonds. The number of carbonyl (C=O) groups is 6. The maximum Gasteiger partial charge on any atom is 0.247 e. The minimum absolute atomic E-state index is 0.0123. The molecule has 0 aliphatic carbocycles. The first-order chi connectivity index (χ1) is 27.1. The van der Waals surface area contributed by atoms with Gasteiger partial charge in [0, 0.05) is 40.4 Å². The zero-order valence-corrected chi connectivity index (χ0v) is 33.2. The van der Waals surface area contributed by atoms with Crippen molar-refractivity contribution in [2.75, 3.05) is 42.0 Å². The lowest BCUT2D eigenvalue weighted by molar-refractivity contribution is -0.149. The number of hydrogen-bond donors (Lipinski definition) is 5. The van der Waals surface area contributed by atoms with Crippen LogP contribution >= 0.6 is 0 Å². The Morgan fingerprint density at radius 1 is 0.579 bits per heavy atom. The van der Waals surface area contributed by atoms with Crippen molar-refractivity contribution in [3.63, 3.8) is 0 Å². The summed E-state index contributed by atoms with van der Waals surface area (Å²) in [5, 5.41) is 28.3. The number of hydrogen-bond acceptors (Lipinski definition) is 10. The second-order valence-corrected chi connectivity index (χ2v) is 14.1. The van der Waals surface area contributed by atoms with Gasteiger partial charge < -0.3 is 50.3 Å². The Kier molecular flexibility index (Phi) is 15.0. The van der Waals surface area contributed by atoms with E-state index in [1.807, 2.05) is 6.07 Å². The number of aromatic hydroxyl groups is 1. The molecule has 3 aromatic carbocycles. The van der Waals surface area contributed by atoms with Gasteiger partial charge >= 0.3 is 0 Å². The van der Waals surface area contributed by atoms with Crippen LogP contribution in [0, 0.1) is 0 Å². The average Bonchev–Trinajstić information content (AvgIpc) is 3.21. The predicted octanol–water partition coefficient (Wildman–Crippen LogP) is 0.418. The number of likely N-dealkylation sites (N-methyl/N-ethyl adjacent to an activating group) is 3. The van der Waals surface area contributed by atoms with Crippen LogP contribution in [0.15, 0.2) is 72.8 Å². The summed E-state index contributed by atoms with van der Waals surface area (Å²) in [6.45, 7) is 2.00. The van der Waals surface area contributed by atoms with Gasteiger partial charge in [-0.15, -0.1) is 0 Å². The summed E-state index contributed by atoms with van der Waals surface area (Å²) in [5.74, 6) is -3.73. The Morgan fingerprint density at radius 3 is 1.67 bits per heavy atom. The van der Waals surface area contributed by atoms with Crippen molar-refractivity contribution in [3.8, 4) is 17.2 Å². The monoisotopic (exact) mass is 788 g/mol. The number of phenols is 1. The summed E-state index contributed by atoms with van der Waals surface area (Å²) in [7, 11) is 7.07. The molecule has 0 bridgehead atoms. The first-order valence-corrected chi connectivity index (χ1v) is 18.4. The summed E-state index contributed by atoms with van der Waals surface area (Å²) in [5.41, 5.74) is 1.87. The molecule has 1 heterocycles. The van der Waals surface area contributed by atoms with E-state index in [0.29, 0.717) is 16.9 Å². The number of phenolic OH excluding ortho intramolecular Hbond substituents is 1. The molecule has 1 fully saturated rings. The van der Waals surface area contributed by atoms with Crippen LogP contribution in [0.2, 0.25) is 0 Å². The van der Waals surface area contributed by atoms with Gasteiger partial charge in [-0.3, -0.25) is 28.8 Å². The molecular weight excluding hydrogens is 736 g/mol. The number of amides is 6. The molecule has 0 saturated carbocycles. The average molecular weight is 789 g/mol. The van der Waals surface area contributed by atoms with Crippen molar-refractivity contribution >= 4 is 35.4 Å². The second-order valence-electron chi connectivity index (χ2n) is 14.1. The van der Waals surface area contributed by atoms with E-state index < -0.39 is 78.3 Å². The number of nitrogens with one attached hydrogen (secondary N) is 3. The second kappa shape index (κ2) is 19.6. The van der Waals surface area contributed by atoms with Crippen LogP contribution in [0.4, 0.5) is 0 Å². The molecule has 1 saturated heterocycles. The van der Waals surface area contributed by atoms with Crippen molar-refractivity contribution in [3.05, 3.63) is 89.5 Å². The fourth-order valence-electron chi connectivity index (χ4n) is 6.57. The van der Waals surface area contributed by atoms with Crippen molar-refractivity contribution in [2.45, 2.75) is 69.4 Å². The Balaban J connectivity index is 1.79. The molecule has 16 nitrogen and oxygen atoms in total. The number of benzene rings is 3. The molecule has 306 valence electrons. The molecule has 16 heteroatoms. The van der Waals surface area contributed by atoms with Gasteiger partial charge in [0.1, 0.15) is 42.0 Å². The highest BCUT2D eigenvalue weighted by Gasteiger charge is 2.39. The fourth-order valence-corrected chi connectivity index (χ4v) is 6.57. The lowest BCUT2D eigenvalue weighted by Gasteiger charge is -2.36. The van der Waals surface area contributed by atoms with Gasteiger partial charge in [-0.2, -0.15) is 0 Å². The standard InChI is InChI=1S/C41H52N6O10/c1-24-36(50)44-30(23-48)40(54)45(3)31(19-27-13-16-29(56-6)17-14-27)38(52)43-25(2)39(53)47(5)33(20-26-11-9-8-10-12-26)41(55)46(4)32(37(51)42-24)21-28-15-18-34(49)35(22-28)57-7/h8-18,22,24-25,30-33,48-49H,19-21,23H2,1-7H3,(H,42,51)(H,43,52)(H,44,50)/t24-,25+,30+,31?,32+,33+/m1/s1. The van der Waals surface area contributed by atoms with Crippen LogP contribution in [-0.2, 0) is 48.0 Å². The topological polar surface area (TPSA) is 207 Å². The van der Waals surface area contributed by atoms with Gasteiger partial charge in [0.05, 0.1) is 20.8 Å². The fraction of sp³-hybridized carbons (Fsp3) is 0.415. The summed E-state index contributed by atoms with van der Waals surface area (Å²) < 4.78 is 10.5. The third-order valence-corrected chi connectivity index (χ3v) is 10.1. The summed E-state index contributed by atoms with van der Waals surface area (Å²) in [4.78, 5) is 87.9. The number of carbonyl (C=O) groups excluding carboxylic acids is 6. The maximum atomic E-state index is 14.6. The number of nitrogens with zero attached hydrogens (tertiary/aromatic N) is 3. The van der Waals surface area contributed by atoms with E-state index in [-0.39, 0.29) is 30.8 Å². The Hall–Kier alpha value is -6.16. The lowest BCUT2D eigenvalue weighted by Crippen LogP contribution is -2.62. The highest BCUT2D eigenvalue weighted by atomic mass is 16.5. The molecular formula is C41H52N6O10. The van der Waals surface area contributed by atoms with Gasteiger partial charge in [-0.25, -0.2) is 0 Å². The predicted molar refractivity (Wildman–Crippen MR) is 209 cm³/mol. The van der Waals surface area contributed by atoms with Crippen LogP contribution < -0.4 is 25.4 Å². The number of aliphatic hydroxyl groups is 1. The molecule has 5 N–H and O–H groups in total. The molecule has 0 spiro atoms. The van der Waals surface area contributed by atoms with Crippen molar-refractivity contribution in [2.24, 2.45) is 0 Å². The zero-order valence-electron chi connectivity index (χ0n) is 33.2. The molecule has 1 aliphatic rings. The van der Waals surface area contributed by atoms with Crippen LogP contribution in [0.5, 0.6) is 17.2 Å². The van der Waals surface area contributed by atoms with Crippen molar-refractivity contribution < 1.29 is 48.5 Å². The normalized spacial score (nSPS) is 23.3. The molecule has 6 atom stereocenters. The van der Waals surface area contributed by atoms with Crippen LogP contribution in [-0.4, -0.2) is 139 Å². The Morgan fingerprint density at radius 2 is 1.09 bits per heavy atom. The van der Waals surface area contributed by atoms with Gasteiger partial charge in [-0.05, 0) is 54.8 Å². The number of rotatable bonds is 9. The molecule has 57 heavy (non-hydrogen) atoms. The third-order valence-electron chi connectivity index (χ3n) is 10.1. The van der Waals surface area contributed by atoms with Gasteiger partial charge in [0.25, 0.3) is 0 Å². The SMILES string of the molecule is COc1ccc(CC2C(=O)N[C@@H](C)C(=O)N(C)[C@@H](Cc3ccccc3)C(=O)N(C)[C@@H](Cc3ccc(O)c(OC)c3)C(=O)N[C@H](C)C(=O)N[C@@H](CO)C(=O)N2C)cc1. The highest BCUT2D eigenvalue weighted by Crippen LogP contribution is 2.27. The third kappa shape index (κ3) is 10.8. The lowest BCUT2D eigenvalue weighted by atomic mass is 9.99. The Labute approximate surface area is 332 Å². The number of methoxy groups -OCH3 is 2. The molecule has 4 rings (SSSR count). The van der Waals surface area contributed by atoms with E-state index in [1.54, 1.807) is 54.6 Å². The molecule has 1 unspecified atom stereocenters. The van der Waals surface area contributed by atoms with Crippen molar-refractivity contribution in [1.29, 1.82) is 0 Å². The van der Waals surface area contributed by atoms with Gasteiger partial charge in [0.15, 0.2) is 11.5 Å². The van der Waals surface area contributed by atoms with E-state index in [0.717, 1.165) is 10.5 Å². The van der Waals surface area contributed by atoms with Gasteiger partial charge in [0.2, 0.25) is 35.4 Å². The molecule has 3 aromatic rings. The van der Waals surface area contributed by atoms with E-state index in [1.165, 1.54) is 71.1 Å². The quantitative estimate of drug-likeness (QED) is 0.202. The minimum Gasteiger partial charge on any atom is -0.504 e. The highest BCUT2D eigenvalue weighted by molar-refractivity contribution is 5.98. The molecule has 1 aliphatic heterocycles. The summed E-state index contributed by atoms with van der Waals surface area (Å²) in [6.07, 6.45) is -0.0616. The zero-order chi connectivity index (χ0) is 42.0. The maximum absolute atomic E-state index is 14.6. The Bertz CT molecular complexity index is 1910. The number of aliphatic hydroxyl groups excluding tert-OH is 1. The smallest absolute Gasteiger partial charge is 0.247 e. The van der Waals surface area contributed by atoms with Gasteiger partial charge in [-0.1, -0.05) is 48.5 Å². The van der Waals surface area contributed by atoms with Crippen LogP contribution in [0.3, 0.4) is 0 Å². The first-order valence-electron chi connectivity index (χ1n) is 18.4. The van der Waals surface area contributed by atoms with E-state index in [4.69, 9.17) is 9.47 Å². The minimum atomic E-state index is -1.51. The van der Waals surface area contributed by atoms with E-state index >= 15 is 0 Å².